The Morgan fingerprint density at radius 2 is 2.00 bits per heavy atom. The maximum Gasteiger partial charge on any atom is 0.256 e. The first-order chi connectivity index (χ1) is 13.4. The van der Waals surface area contributed by atoms with Gasteiger partial charge in [-0.15, -0.1) is 11.3 Å². The van der Waals surface area contributed by atoms with Gasteiger partial charge in [0.25, 0.3) is 5.91 Å². The van der Waals surface area contributed by atoms with Gasteiger partial charge in [-0.3, -0.25) is 4.79 Å². The van der Waals surface area contributed by atoms with E-state index in [0.717, 1.165) is 24.8 Å². The van der Waals surface area contributed by atoms with Crippen LogP contribution in [0.25, 0.3) is 0 Å². The predicted octanol–water partition coefficient (Wildman–Crippen LogP) is 4.79. The molecule has 146 valence electrons. The molecule has 0 fully saturated rings. The lowest BCUT2D eigenvalue weighted by Gasteiger charge is -2.33. The van der Waals surface area contributed by atoms with Gasteiger partial charge in [-0.25, -0.2) is 0 Å². The number of ether oxygens (including phenoxy) is 2. The van der Waals surface area contributed by atoms with Crippen LogP contribution in [0.1, 0.15) is 53.6 Å². The third-order valence-corrected chi connectivity index (χ3v) is 6.80. The number of anilines is 1. The molecule has 0 bridgehead atoms. The molecule has 1 aliphatic heterocycles. The van der Waals surface area contributed by atoms with Crippen LogP contribution < -0.4 is 14.8 Å². The van der Waals surface area contributed by atoms with Gasteiger partial charge in [0.05, 0.1) is 5.56 Å². The van der Waals surface area contributed by atoms with Gasteiger partial charge in [0.2, 0.25) is 0 Å². The van der Waals surface area contributed by atoms with Crippen LogP contribution in [-0.2, 0) is 12.8 Å². The summed E-state index contributed by atoms with van der Waals surface area (Å²) in [5.74, 6) is 1.59. The fraction of sp³-hybridized carbons (Fsp3) is 0.455. The lowest BCUT2D eigenvalue weighted by Crippen LogP contribution is -2.26. The molecule has 2 aromatic rings. The zero-order valence-corrected chi connectivity index (χ0v) is 17.2. The van der Waals surface area contributed by atoms with Crippen LogP contribution in [0.4, 0.5) is 5.00 Å². The molecule has 6 heteroatoms. The van der Waals surface area contributed by atoms with E-state index >= 15 is 0 Å². The first-order valence-corrected chi connectivity index (χ1v) is 10.4. The Hall–Kier alpha value is -2.52. The Labute approximate surface area is 169 Å². The number of rotatable bonds is 2. The Balaban J connectivity index is 1.58. The molecule has 1 amide bonds. The number of nitrogens with one attached hydrogen (secondary N) is 1. The number of nitriles is 1. The van der Waals surface area contributed by atoms with Crippen LogP contribution in [0.3, 0.4) is 0 Å². The highest BCUT2D eigenvalue weighted by Crippen LogP contribution is 2.44. The summed E-state index contributed by atoms with van der Waals surface area (Å²) in [6.45, 7) is 7.80. The summed E-state index contributed by atoms with van der Waals surface area (Å²) >= 11 is 1.55. The molecule has 0 unspecified atom stereocenters. The van der Waals surface area contributed by atoms with Gasteiger partial charge < -0.3 is 14.8 Å². The number of fused-ring (bicyclic) bond motifs is 2. The van der Waals surface area contributed by atoms with E-state index in [1.54, 1.807) is 29.5 Å². The SMILES string of the molecule is CC(C)(C)[C@H]1CCc2c(sc(NC(=O)c3ccc4c(c3)OCCO4)c2C#N)C1. The molecule has 0 radical (unpaired) electrons. The number of nitrogens with zero attached hydrogens (tertiary/aromatic N) is 1. The second-order valence-electron chi connectivity index (χ2n) is 8.44. The molecule has 1 atom stereocenters. The van der Waals surface area contributed by atoms with Crippen LogP contribution in [0, 0.1) is 22.7 Å². The molecule has 1 aromatic carbocycles. The van der Waals surface area contributed by atoms with Crippen molar-refractivity contribution in [2.75, 3.05) is 18.5 Å². The van der Waals surface area contributed by atoms with E-state index in [1.807, 2.05) is 0 Å². The number of carbonyl (C=O) groups is 1. The summed E-state index contributed by atoms with van der Waals surface area (Å²) < 4.78 is 11.1. The molecule has 2 aliphatic rings. The van der Waals surface area contributed by atoms with Gasteiger partial charge >= 0.3 is 0 Å². The summed E-state index contributed by atoms with van der Waals surface area (Å²) in [6.07, 6.45) is 2.95. The van der Waals surface area contributed by atoms with Crippen molar-refractivity contribution in [1.29, 1.82) is 5.26 Å². The van der Waals surface area contributed by atoms with E-state index in [4.69, 9.17) is 9.47 Å². The van der Waals surface area contributed by atoms with Crippen molar-refractivity contribution in [2.45, 2.75) is 40.0 Å². The van der Waals surface area contributed by atoms with Gasteiger partial charge in [0.1, 0.15) is 24.3 Å². The quantitative estimate of drug-likeness (QED) is 0.792. The van der Waals surface area contributed by atoms with Crippen molar-refractivity contribution in [3.05, 3.63) is 39.8 Å². The number of thiophene rings is 1. The summed E-state index contributed by atoms with van der Waals surface area (Å²) in [6, 6.07) is 7.48. The number of benzene rings is 1. The third-order valence-electron chi connectivity index (χ3n) is 5.63. The van der Waals surface area contributed by atoms with Crippen molar-refractivity contribution >= 4 is 22.2 Å². The molecule has 1 aromatic heterocycles. The largest absolute Gasteiger partial charge is 0.486 e. The Kier molecular flexibility index (Phi) is 4.80. The summed E-state index contributed by atoms with van der Waals surface area (Å²) in [7, 11) is 0. The molecular formula is C22H24N2O3S. The van der Waals surface area contributed by atoms with Gasteiger partial charge in [-0.2, -0.15) is 5.26 Å². The fourth-order valence-corrected chi connectivity index (χ4v) is 5.16. The molecular weight excluding hydrogens is 372 g/mol. The number of hydrogen-bond donors (Lipinski definition) is 1. The summed E-state index contributed by atoms with van der Waals surface area (Å²) in [5, 5.41) is 13.3. The fourth-order valence-electron chi connectivity index (χ4n) is 3.89. The van der Waals surface area contributed by atoms with E-state index < -0.39 is 0 Å². The first kappa shape index (κ1) is 18.8. The molecule has 0 saturated heterocycles. The topological polar surface area (TPSA) is 71.3 Å². The predicted molar refractivity (Wildman–Crippen MR) is 109 cm³/mol. The Bertz CT molecular complexity index is 965. The number of amides is 1. The molecule has 1 aliphatic carbocycles. The lowest BCUT2D eigenvalue weighted by atomic mass is 9.72. The summed E-state index contributed by atoms with van der Waals surface area (Å²) in [4.78, 5) is 14.0. The highest BCUT2D eigenvalue weighted by Gasteiger charge is 2.32. The van der Waals surface area contributed by atoms with Gasteiger partial charge in [-0.1, -0.05) is 20.8 Å². The van der Waals surface area contributed by atoms with Crippen LogP contribution in [0.15, 0.2) is 18.2 Å². The molecule has 2 heterocycles. The Morgan fingerprint density at radius 3 is 2.71 bits per heavy atom. The summed E-state index contributed by atoms with van der Waals surface area (Å²) in [5.41, 5.74) is 2.47. The normalized spacial score (nSPS) is 18.1. The van der Waals surface area contributed by atoms with E-state index in [-0.39, 0.29) is 11.3 Å². The van der Waals surface area contributed by atoms with Crippen molar-refractivity contribution in [3.8, 4) is 17.6 Å². The minimum Gasteiger partial charge on any atom is -0.486 e. The van der Waals surface area contributed by atoms with Crippen molar-refractivity contribution in [2.24, 2.45) is 11.3 Å². The van der Waals surface area contributed by atoms with Gasteiger partial charge in [-0.05, 0) is 54.4 Å². The maximum absolute atomic E-state index is 12.8. The van der Waals surface area contributed by atoms with E-state index in [9.17, 15) is 10.1 Å². The van der Waals surface area contributed by atoms with Gasteiger partial charge in [0, 0.05) is 10.4 Å². The highest BCUT2D eigenvalue weighted by atomic mass is 32.1. The van der Waals surface area contributed by atoms with Crippen LogP contribution in [0.2, 0.25) is 0 Å². The minimum absolute atomic E-state index is 0.237. The zero-order chi connectivity index (χ0) is 19.9. The van der Waals surface area contributed by atoms with Crippen LogP contribution in [0.5, 0.6) is 11.5 Å². The van der Waals surface area contributed by atoms with Crippen molar-refractivity contribution < 1.29 is 14.3 Å². The van der Waals surface area contributed by atoms with Crippen molar-refractivity contribution in [3.63, 3.8) is 0 Å². The smallest absolute Gasteiger partial charge is 0.256 e. The average molecular weight is 397 g/mol. The standard InChI is InChI=1S/C22H24N2O3S/c1-22(2,3)14-5-6-15-16(12-23)21(28-19(15)11-14)24-20(25)13-4-7-17-18(10-13)27-9-8-26-17/h4,7,10,14H,5-6,8-9,11H2,1-3H3,(H,24,25)/t14-/m0/s1. The van der Waals surface area contributed by atoms with Gasteiger partial charge in [0.15, 0.2) is 11.5 Å². The van der Waals surface area contributed by atoms with Crippen LogP contribution >= 0.6 is 11.3 Å². The molecule has 0 spiro atoms. The van der Waals surface area contributed by atoms with Crippen LogP contribution in [-0.4, -0.2) is 19.1 Å². The van der Waals surface area contributed by atoms with E-state index in [1.165, 1.54) is 4.88 Å². The molecule has 1 N–H and O–H groups in total. The molecule has 0 saturated carbocycles. The average Bonchev–Trinajstić information content (AvgIpc) is 3.02. The Morgan fingerprint density at radius 1 is 1.25 bits per heavy atom. The zero-order valence-electron chi connectivity index (χ0n) is 16.4. The second kappa shape index (κ2) is 7.14. The minimum atomic E-state index is -0.237. The molecule has 5 nitrogen and oxygen atoms in total. The second-order valence-corrected chi connectivity index (χ2v) is 9.54. The van der Waals surface area contributed by atoms with Crippen molar-refractivity contribution in [1.82, 2.24) is 0 Å². The highest BCUT2D eigenvalue weighted by molar-refractivity contribution is 7.16. The van der Waals surface area contributed by atoms with E-state index in [2.05, 4.69) is 32.2 Å². The number of hydrogen-bond acceptors (Lipinski definition) is 5. The molecule has 28 heavy (non-hydrogen) atoms. The van der Waals surface area contributed by atoms with E-state index in [0.29, 0.717) is 46.8 Å². The molecule has 4 rings (SSSR count). The third kappa shape index (κ3) is 3.47. The lowest BCUT2D eigenvalue weighted by molar-refractivity contribution is 0.102. The first-order valence-electron chi connectivity index (χ1n) is 9.62. The monoisotopic (exact) mass is 396 g/mol. The maximum atomic E-state index is 12.8. The number of carbonyl (C=O) groups excluding carboxylic acids is 1.